The fraction of sp³-hybridized carbons (Fsp3) is 0.769. The summed E-state index contributed by atoms with van der Waals surface area (Å²) in [6.45, 7) is 2.19. The molecular weight excluding hydrogens is 246 g/mol. The van der Waals surface area contributed by atoms with Gasteiger partial charge in [0, 0.05) is 12.3 Å². The lowest BCUT2D eigenvalue weighted by Gasteiger charge is -2.00. The zero-order valence-corrected chi connectivity index (χ0v) is 11.8. The number of carbonyl (C=O) groups excluding carboxylic acids is 1. The molecule has 1 heterocycles. The largest absolute Gasteiger partial charge is 0.301 e. The van der Waals surface area contributed by atoms with E-state index >= 15 is 0 Å². The second-order valence-corrected chi connectivity index (χ2v) is 5.94. The summed E-state index contributed by atoms with van der Waals surface area (Å²) in [5.74, 6) is 0.687. The number of anilines is 1. The summed E-state index contributed by atoms with van der Waals surface area (Å²) in [6, 6.07) is 0. The number of hydrogen-bond acceptors (Lipinski definition) is 4. The number of rotatable bonds is 8. The van der Waals surface area contributed by atoms with Crippen LogP contribution < -0.4 is 5.32 Å². The quantitative estimate of drug-likeness (QED) is 0.730. The molecule has 0 aromatic carbocycles. The highest BCUT2D eigenvalue weighted by molar-refractivity contribution is 7.15. The topological polar surface area (TPSA) is 54.9 Å². The Balaban J connectivity index is 1.63. The Morgan fingerprint density at radius 2 is 2.06 bits per heavy atom. The Morgan fingerprint density at radius 1 is 1.28 bits per heavy atom. The van der Waals surface area contributed by atoms with Gasteiger partial charge in [0.15, 0.2) is 0 Å². The number of unbranched alkanes of at least 4 members (excludes halogenated alkanes) is 4. The van der Waals surface area contributed by atoms with Crippen LogP contribution >= 0.6 is 11.3 Å². The van der Waals surface area contributed by atoms with E-state index in [1.165, 1.54) is 43.4 Å². The molecule has 2 rings (SSSR count). The molecule has 0 saturated heterocycles. The van der Waals surface area contributed by atoms with Crippen molar-refractivity contribution in [1.29, 1.82) is 0 Å². The van der Waals surface area contributed by atoms with Crippen LogP contribution in [0.2, 0.25) is 0 Å². The predicted octanol–water partition coefficient (Wildman–Crippen LogP) is 3.71. The van der Waals surface area contributed by atoms with Gasteiger partial charge in [0.2, 0.25) is 11.0 Å². The van der Waals surface area contributed by atoms with E-state index in [4.69, 9.17) is 0 Å². The molecule has 1 fully saturated rings. The van der Waals surface area contributed by atoms with Crippen molar-refractivity contribution in [3.8, 4) is 0 Å². The molecule has 0 atom stereocenters. The normalized spacial score (nSPS) is 14.7. The van der Waals surface area contributed by atoms with E-state index in [1.54, 1.807) is 0 Å². The summed E-state index contributed by atoms with van der Waals surface area (Å²) < 4.78 is 0. The van der Waals surface area contributed by atoms with Crippen LogP contribution in [0.25, 0.3) is 0 Å². The standard InChI is InChI=1S/C13H21N3OS/c1-2-3-4-5-6-7-11(17)14-13-16-15-12(18-13)10-8-9-10/h10H,2-9H2,1H3,(H,14,16,17). The first kappa shape index (κ1) is 13.5. The molecule has 0 radical (unpaired) electrons. The van der Waals surface area contributed by atoms with E-state index in [9.17, 15) is 4.79 Å². The lowest BCUT2D eigenvalue weighted by atomic mass is 10.1. The van der Waals surface area contributed by atoms with Gasteiger partial charge in [0.1, 0.15) is 5.01 Å². The third kappa shape index (κ3) is 4.37. The molecule has 1 aliphatic carbocycles. The van der Waals surface area contributed by atoms with Gasteiger partial charge in [-0.15, -0.1) is 10.2 Å². The third-order valence-corrected chi connectivity index (χ3v) is 4.12. The van der Waals surface area contributed by atoms with Crippen LogP contribution in [-0.2, 0) is 4.79 Å². The molecule has 0 aliphatic heterocycles. The lowest BCUT2D eigenvalue weighted by Crippen LogP contribution is -2.10. The zero-order chi connectivity index (χ0) is 12.8. The molecule has 1 amide bonds. The first-order valence-electron chi connectivity index (χ1n) is 6.93. The van der Waals surface area contributed by atoms with E-state index < -0.39 is 0 Å². The maximum atomic E-state index is 11.7. The molecule has 1 saturated carbocycles. The number of hydrogen-bond donors (Lipinski definition) is 1. The van der Waals surface area contributed by atoms with Crippen LogP contribution in [0.1, 0.15) is 69.2 Å². The molecule has 0 spiro atoms. The smallest absolute Gasteiger partial charge is 0.226 e. The highest BCUT2D eigenvalue weighted by Gasteiger charge is 2.27. The van der Waals surface area contributed by atoms with Gasteiger partial charge in [-0.3, -0.25) is 4.79 Å². The molecule has 5 heteroatoms. The highest BCUT2D eigenvalue weighted by atomic mass is 32.1. The van der Waals surface area contributed by atoms with Crippen molar-refractivity contribution < 1.29 is 4.79 Å². The molecule has 100 valence electrons. The van der Waals surface area contributed by atoms with Crippen molar-refractivity contribution in [2.75, 3.05) is 5.32 Å². The minimum Gasteiger partial charge on any atom is -0.301 e. The fourth-order valence-electron chi connectivity index (χ4n) is 1.85. The van der Waals surface area contributed by atoms with Crippen LogP contribution in [0.5, 0.6) is 0 Å². The number of aromatic nitrogens is 2. The first-order valence-corrected chi connectivity index (χ1v) is 7.74. The summed E-state index contributed by atoms with van der Waals surface area (Å²) in [6.07, 6.45) is 8.89. The van der Waals surface area contributed by atoms with Crippen LogP contribution in [0.15, 0.2) is 0 Å². The maximum absolute atomic E-state index is 11.7. The number of amides is 1. The van der Waals surface area contributed by atoms with Crippen LogP contribution in [0.4, 0.5) is 5.13 Å². The van der Waals surface area contributed by atoms with E-state index in [1.807, 2.05) is 0 Å². The number of nitrogens with zero attached hydrogens (tertiary/aromatic N) is 2. The van der Waals surface area contributed by atoms with Gasteiger partial charge in [0.05, 0.1) is 0 Å². The predicted molar refractivity (Wildman–Crippen MR) is 73.9 cm³/mol. The molecule has 0 bridgehead atoms. The summed E-state index contributed by atoms with van der Waals surface area (Å²) in [7, 11) is 0. The van der Waals surface area contributed by atoms with E-state index in [-0.39, 0.29) is 5.91 Å². The molecule has 0 unspecified atom stereocenters. The Labute approximate surface area is 112 Å². The summed E-state index contributed by atoms with van der Waals surface area (Å²) in [4.78, 5) is 11.7. The Morgan fingerprint density at radius 3 is 2.78 bits per heavy atom. The molecule has 1 aromatic rings. The minimum absolute atomic E-state index is 0.0741. The van der Waals surface area contributed by atoms with Gasteiger partial charge in [-0.25, -0.2) is 0 Å². The van der Waals surface area contributed by atoms with Crippen molar-refractivity contribution in [3.63, 3.8) is 0 Å². The average Bonchev–Trinajstić information content (AvgIpc) is 3.11. The Kier molecular flexibility index (Phi) is 5.11. The second-order valence-electron chi connectivity index (χ2n) is 4.93. The number of carbonyl (C=O) groups is 1. The van der Waals surface area contributed by atoms with Gasteiger partial charge < -0.3 is 5.32 Å². The van der Waals surface area contributed by atoms with Crippen molar-refractivity contribution in [1.82, 2.24) is 10.2 Å². The van der Waals surface area contributed by atoms with E-state index in [0.717, 1.165) is 17.8 Å². The Bertz CT molecular complexity index is 387. The lowest BCUT2D eigenvalue weighted by molar-refractivity contribution is -0.116. The average molecular weight is 267 g/mol. The van der Waals surface area contributed by atoms with Crippen molar-refractivity contribution in [2.24, 2.45) is 0 Å². The molecule has 18 heavy (non-hydrogen) atoms. The molecule has 1 aliphatic rings. The fourth-order valence-corrected chi connectivity index (χ4v) is 2.78. The Hall–Kier alpha value is -0.970. The highest BCUT2D eigenvalue weighted by Crippen LogP contribution is 2.42. The summed E-state index contributed by atoms with van der Waals surface area (Å²) >= 11 is 1.52. The molecular formula is C13H21N3OS. The van der Waals surface area contributed by atoms with Gasteiger partial charge in [0.25, 0.3) is 0 Å². The van der Waals surface area contributed by atoms with Gasteiger partial charge in [-0.2, -0.15) is 0 Å². The first-order chi connectivity index (χ1) is 8.79. The zero-order valence-electron chi connectivity index (χ0n) is 10.9. The van der Waals surface area contributed by atoms with Gasteiger partial charge >= 0.3 is 0 Å². The van der Waals surface area contributed by atoms with Gasteiger partial charge in [-0.05, 0) is 19.3 Å². The van der Waals surface area contributed by atoms with E-state index in [0.29, 0.717) is 17.5 Å². The maximum Gasteiger partial charge on any atom is 0.226 e. The minimum atomic E-state index is 0.0741. The third-order valence-electron chi connectivity index (χ3n) is 3.12. The van der Waals surface area contributed by atoms with Crippen LogP contribution in [-0.4, -0.2) is 16.1 Å². The summed E-state index contributed by atoms with van der Waals surface area (Å²) in [5, 5.41) is 12.7. The SMILES string of the molecule is CCCCCCCC(=O)Nc1nnc(C2CC2)s1. The summed E-state index contributed by atoms with van der Waals surface area (Å²) in [5.41, 5.74) is 0. The second kappa shape index (κ2) is 6.83. The van der Waals surface area contributed by atoms with Crippen molar-refractivity contribution in [3.05, 3.63) is 5.01 Å². The molecule has 4 nitrogen and oxygen atoms in total. The number of nitrogens with one attached hydrogen (secondary N) is 1. The van der Waals surface area contributed by atoms with Crippen LogP contribution in [0.3, 0.4) is 0 Å². The molecule has 1 N–H and O–H groups in total. The monoisotopic (exact) mass is 267 g/mol. The van der Waals surface area contributed by atoms with Crippen LogP contribution in [0, 0.1) is 0 Å². The molecule has 1 aromatic heterocycles. The van der Waals surface area contributed by atoms with Gasteiger partial charge in [-0.1, -0.05) is 43.9 Å². The van der Waals surface area contributed by atoms with Crippen molar-refractivity contribution in [2.45, 2.75) is 64.2 Å². The van der Waals surface area contributed by atoms with Crippen molar-refractivity contribution >= 4 is 22.4 Å². The van der Waals surface area contributed by atoms with E-state index in [2.05, 4.69) is 22.4 Å².